The summed E-state index contributed by atoms with van der Waals surface area (Å²) < 4.78 is 0. The maximum Gasteiger partial charge on any atom is 0.190 e. The van der Waals surface area contributed by atoms with Gasteiger partial charge in [0.1, 0.15) is 0 Å². The molecule has 3 atom stereocenters. The SMILES string of the molecule is CN=C(NCCCCN1CCCCC1C)NCC1CCCN(C)C1c1cccs1.I. The lowest BCUT2D eigenvalue weighted by atomic mass is 9.88. The molecule has 0 radical (unpaired) electrons. The second kappa shape index (κ2) is 13.9. The minimum atomic E-state index is 0. The van der Waals surface area contributed by atoms with E-state index in [9.17, 15) is 0 Å². The zero-order valence-electron chi connectivity index (χ0n) is 19.1. The Labute approximate surface area is 205 Å². The summed E-state index contributed by atoms with van der Waals surface area (Å²) in [6.07, 6.45) is 9.19. The maximum absolute atomic E-state index is 4.45. The fraction of sp³-hybridized carbons (Fsp3) is 0.783. The number of nitrogens with one attached hydrogen (secondary N) is 2. The molecule has 2 N–H and O–H groups in total. The van der Waals surface area contributed by atoms with E-state index in [-0.39, 0.29) is 24.0 Å². The van der Waals surface area contributed by atoms with Crippen molar-refractivity contribution in [1.82, 2.24) is 20.4 Å². The Morgan fingerprint density at radius 2 is 2.03 bits per heavy atom. The smallest absolute Gasteiger partial charge is 0.190 e. The van der Waals surface area contributed by atoms with Crippen LogP contribution in [0.3, 0.4) is 0 Å². The molecule has 7 heteroatoms. The summed E-state index contributed by atoms with van der Waals surface area (Å²) in [5.74, 6) is 1.58. The molecule has 0 aliphatic carbocycles. The quantitative estimate of drug-likeness (QED) is 0.217. The maximum atomic E-state index is 4.45. The van der Waals surface area contributed by atoms with Crippen LogP contribution in [0.15, 0.2) is 22.5 Å². The van der Waals surface area contributed by atoms with E-state index in [1.165, 1.54) is 69.5 Å². The summed E-state index contributed by atoms with van der Waals surface area (Å²) in [6.45, 7) is 8.10. The lowest BCUT2D eigenvalue weighted by Crippen LogP contribution is -2.45. The van der Waals surface area contributed by atoms with Crippen LogP contribution in [0.1, 0.15) is 62.8 Å². The molecule has 2 saturated heterocycles. The van der Waals surface area contributed by atoms with Gasteiger partial charge in [0.05, 0.1) is 0 Å². The van der Waals surface area contributed by atoms with Crippen molar-refractivity contribution < 1.29 is 0 Å². The number of halogens is 1. The number of thiophene rings is 1. The van der Waals surface area contributed by atoms with Crippen molar-refractivity contribution in [2.45, 2.75) is 64.0 Å². The molecule has 0 spiro atoms. The van der Waals surface area contributed by atoms with Gasteiger partial charge in [-0.2, -0.15) is 0 Å². The van der Waals surface area contributed by atoms with Crippen LogP contribution in [0.4, 0.5) is 0 Å². The number of guanidine groups is 1. The van der Waals surface area contributed by atoms with E-state index in [1.807, 2.05) is 18.4 Å². The van der Waals surface area contributed by atoms with E-state index >= 15 is 0 Å². The van der Waals surface area contributed by atoms with E-state index < -0.39 is 0 Å². The summed E-state index contributed by atoms with van der Waals surface area (Å²) in [6, 6.07) is 5.77. The standard InChI is InChI=1S/C23H41N5S.HI/c1-19-10-4-6-15-28(19)16-7-5-13-25-23(24-2)26-18-20-11-8-14-27(3)22(20)21-12-9-17-29-21;/h9,12,17,19-20,22H,4-8,10-11,13-16,18H2,1-3H3,(H2,24,25,26);1H. The van der Waals surface area contributed by atoms with Gasteiger partial charge in [0.15, 0.2) is 5.96 Å². The van der Waals surface area contributed by atoms with Crippen LogP contribution < -0.4 is 10.6 Å². The predicted octanol–water partition coefficient (Wildman–Crippen LogP) is 4.57. The van der Waals surface area contributed by atoms with E-state index in [0.717, 1.165) is 25.1 Å². The number of piperidine rings is 2. The van der Waals surface area contributed by atoms with Crippen molar-refractivity contribution in [3.8, 4) is 0 Å². The minimum Gasteiger partial charge on any atom is -0.356 e. The largest absolute Gasteiger partial charge is 0.356 e. The van der Waals surface area contributed by atoms with Crippen LogP contribution in [0.2, 0.25) is 0 Å². The summed E-state index contributed by atoms with van der Waals surface area (Å²) in [5, 5.41) is 9.34. The summed E-state index contributed by atoms with van der Waals surface area (Å²) in [7, 11) is 4.15. The van der Waals surface area contributed by atoms with Crippen molar-refractivity contribution in [2.75, 3.05) is 46.8 Å². The molecule has 30 heavy (non-hydrogen) atoms. The fourth-order valence-electron chi connectivity index (χ4n) is 4.97. The zero-order valence-corrected chi connectivity index (χ0v) is 22.3. The molecule has 3 unspecified atom stereocenters. The highest BCUT2D eigenvalue weighted by atomic mass is 127. The summed E-state index contributed by atoms with van der Waals surface area (Å²) in [5.41, 5.74) is 0. The van der Waals surface area contributed by atoms with Gasteiger partial charge in [-0.3, -0.25) is 9.89 Å². The van der Waals surface area contributed by atoms with Crippen LogP contribution in [0.25, 0.3) is 0 Å². The molecule has 1 aromatic heterocycles. The zero-order chi connectivity index (χ0) is 20.5. The molecule has 0 amide bonds. The van der Waals surface area contributed by atoms with Crippen LogP contribution in [-0.2, 0) is 0 Å². The lowest BCUT2D eigenvalue weighted by molar-refractivity contribution is 0.125. The van der Waals surface area contributed by atoms with Gasteiger partial charge >= 0.3 is 0 Å². The Hall–Kier alpha value is -0.380. The van der Waals surface area contributed by atoms with E-state index in [4.69, 9.17) is 0 Å². The topological polar surface area (TPSA) is 42.9 Å². The monoisotopic (exact) mass is 547 g/mol. The molecular formula is C23H42IN5S. The molecule has 0 bridgehead atoms. The van der Waals surface area contributed by atoms with Crippen molar-refractivity contribution in [3.05, 3.63) is 22.4 Å². The Kier molecular flexibility index (Phi) is 12.0. The van der Waals surface area contributed by atoms with E-state index in [2.05, 4.69) is 56.9 Å². The molecule has 2 aliphatic rings. The Morgan fingerprint density at radius 3 is 2.77 bits per heavy atom. The first-order valence-corrected chi connectivity index (χ1v) is 12.5. The highest BCUT2D eigenvalue weighted by molar-refractivity contribution is 14.0. The van der Waals surface area contributed by atoms with Crippen molar-refractivity contribution in [1.29, 1.82) is 0 Å². The normalized spacial score (nSPS) is 26.2. The van der Waals surface area contributed by atoms with Crippen LogP contribution in [0, 0.1) is 5.92 Å². The first-order chi connectivity index (χ1) is 14.2. The molecule has 5 nitrogen and oxygen atoms in total. The van der Waals surface area contributed by atoms with Crippen LogP contribution >= 0.6 is 35.3 Å². The average molecular weight is 548 g/mol. The number of likely N-dealkylation sites (tertiary alicyclic amines) is 2. The molecular weight excluding hydrogens is 505 g/mol. The first kappa shape index (κ1) is 25.9. The molecule has 2 fully saturated rings. The Morgan fingerprint density at radius 1 is 1.17 bits per heavy atom. The Balaban J connectivity index is 0.00000320. The van der Waals surface area contributed by atoms with E-state index in [0.29, 0.717) is 12.0 Å². The lowest BCUT2D eigenvalue weighted by Gasteiger charge is -2.39. The second-order valence-corrected chi connectivity index (χ2v) is 9.79. The third kappa shape index (κ3) is 7.64. The van der Waals surface area contributed by atoms with Gasteiger partial charge in [-0.1, -0.05) is 12.5 Å². The number of nitrogens with zero attached hydrogens (tertiary/aromatic N) is 3. The molecule has 2 aliphatic heterocycles. The van der Waals surface area contributed by atoms with Gasteiger partial charge in [0.2, 0.25) is 0 Å². The highest BCUT2D eigenvalue weighted by Crippen LogP contribution is 2.36. The Bertz CT molecular complexity index is 609. The molecule has 172 valence electrons. The highest BCUT2D eigenvalue weighted by Gasteiger charge is 2.31. The van der Waals surface area contributed by atoms with Crippen molar-refractivity contribution >= 4 is 41.3 Å². The number of aliphatic imine (C=N–C) groups is 1. The van der Waals surface area contributed by atoms with Crippen LogP contribution in [-0.4, -0.2) is 68.6 Å². The number of hydrogen-bond donors (Lipinski definition) is 2. The van der Waals surface area contributed by atoms with Crippen molar-refractivity contribution in [2.24, 2.45) is 10.9 Å². The average Bonchev–Trinajstić information content (AvgIpc) is 3.25. The third-order valence-electron chi connectivity index (χ3n) is 6.70. The summed E-state index contributed by atoms with van der Waals surface area (Å²) in [4.78, 5) is 11.1. The van der Waals surface area contributed by atoms with Gasteiger partial charge in [-0.05, 0) is 89.5 Å². The molecule has 3 heterocycles. The van der Waals surface area contributed by atoms with Gasteiger partial charge in [-0.25, -0.2) is 0 Å². The third-order valence-corrected chi connectivity index (χ3v) is 7.65. The van der Waals surface area contributed by atoms with Crippen LogP contribution in [0.5, 0.6) is 0 Å². The van der Waals surface area contributed by atoms with Gasteiger partial charge in [0.25, 0.3) is 0 Å². The minimum absolute atomic E-state index is 0. The molecule has 3 rings (SSSR count). The van der Waals surface area contributed by atoms with Crippen molar-refractivity contribution in [3.63, 3.8) is 0 Å². The van der Waals surface area contributed by atoms with Gasteiger partial charge < -0.3 is 15.5 Å². The molecule has 0 aromatic carbocycles. The van der Waals surface area contributed by atoms with E-state index in [1.54, 1.807) is 0 Å². The second-order valence-electron chi connectivity index (χ2n) is 8.81. The number of rotatable bonds is 8. The number of hydrogen-bond acceptors (Lipinski definition) is 4. The number of unbranched alkanes of at least 4 members (excludes halogenated alkanes) is 1. The van der Waals surface area contributed by atoms with Gasteiger partial charge in [0, 0.05) is 37.1 Å². The molecule has 0 saturated carbocycles. The summed E-state index contributed by atoms with van der Waals surface area (Å²) >= 11 is 1.89. The molecule has 1 aromatic rings. The first-order valence-electron chi connectivity index (χ1n) is 11.6. The van der Waals surface area contributed by atoms with Gasteiger partial charge in [-0.15, -0.1) is 35.3 Å². The fourth-order valence-corrected chi connectivity index (χ4v) is 5.95. The predicted molar refractivity (Wildman–Crippen MR) is 141 cm³/mol.